The van der Waals surface area contributed by atoms with E-state index in [0.29, 0.717) is 55.4 Å². The minimum Gasteiger partial charge on any atom is -0.493 e. The molecule has 0 radical (unpaired) electrons. The van der Waals surface area contributed by atoms with E-state index in [4.69, 9.17) is 18.9 Å². The number of benzene rings is 2. The molecule has 1 atom stereocenters. The van der Waals surface area contributed by atoms with E-state index in [9.17, 15) is 14.4 Å². The largest absolute Gasteiger partial charge is 0.493 e. The maximum Gasteiger partial charge on any atom is 0.239 e. The lowest BCUT2D eigenvalue weighted by Crippen LogP contribution is -2.46. The molecule has 1 fully saturated rings. The van der Waals surface area contributed by atoms with Crippen molar-refractivity contribution in [2.75, 3.05) is 58.5 Å². The molecule has 1 unspecified atom stereocenters. The van der Waals surface area contributed by atoms with E-state index >= 15 is 0 Å². The van der Waals surface area contributed by atoms with Crippen LogP contribution >= 0.6 is 0 Å². The van der Waals surface area contributed by atoms with Gasteiger partial charge in [0.2, 0.25) is 17.7 Å². The fraction of sp³-hybridized carbons (Fsp3) is 0.464. The molecule has 0 spiro atoms. The summed E-state index contributed by atoms with van der Waals surface area (Å²) in [6.45, 7) is 1.96. The van der Waals surface area contributed by atoms with Gasteiger partial charge >= 0.3 is 0 Å². The van der Waals surface area contributed by atoms with Gasteiger partial charge < -0.3 is 34.5 Å². The normalized spacial score (nSPS) is 20.8. The van der Waals surface area contributed by atoms with Crippen LogP contribution in [0.4, 0.5) is 5.69 Å². The lowest BCUT2D eigenvalue weighted by Gasteiger charge is -2.29. The highest BCUT2D eigenvalue weighted by atomic mass is 16.5. The number of ether oxygens (including phenoxy) is 4. The van der Waals surface area contributed by atoms with Crippen molar-refractivity contribution in [3.63, 3.8) is 0 Å². The van der Waals surface area contributed by atoms with Gasteiger partial charge in [-0.1, -0.05) is 12.1 Å². The molecule has 202 valence electrons. The van der Waals surface area contributed by atoms with Crippen LogP contribution in [0.25, 0.3) is 0 Å². The summed E-state index contributed by atoms with van der Waals surface area (Å²) in [5.41, 5.74) is 2.60. The van der Waals surface area contributed by atoms with Gasteiger partial charge in [-0.25, -0.2) is 0 Å². The van der Waals surface area contributed by atoms with Crippen molar-refractivity contribution in [1.29, 1.82) is 0 Å². The van der Waals surface area contributed by atoms with Gasteiger partial charge in [0.1, 0.15) is 19.0 Å². The predicted molar refractivity (Wildman–Crippen MR) is 139 cm³/mol. The standard InChI is InChI=1S/C28H33N3O7/c1-35-24-5-2-19-14-25(24)38-13-9-31(28(34)18-6-10-36-11-7-18)17-27(33)29-8-12-37-20-3-4-21-22(19)16-26(32)30-23(21)15-20/h2-5,14-15,18,22H,6-13,16-17H2,1H3,(H,29,33)(H,30,32). The van der Waals surface area contributed by atoms with Crippen LogP contribution in [0, 0.1) is 5.92 Å². The van der Waals surface area contributed by atoms with Crippen LogP contribution in [-0.2, 0) is 19.1 Å². The Kier molecular flexibility index (Phi) is 7.97. The second-order valence-corrected chi connectivity index (χ2v) is 9.66. The van der Waals surface area contributed by atoms with Crippen LogP contribution in [-0.4, -0.2) is 75.8 Å². The summed E-state index contributed by atoms with van der Waals surface area (Å²) in [6, 6.07) is 11.3. The summed E-state index contributed by atoms with van der Waals surface area (Å²) >= 11 is 0. The summed E-state index contributed by atoms with van der Waals surface area (Å²) in [6.07, 6.45) is 1.58. The monoisotopic (exact) mass is 523 g/mol. The van der Waals surface area contributed by atoms with Crippen molar-refractivity contribution in [2.45, 2.75) is 25.2 Å². The number of methoxy groups -OCH3 is 1. The van der Waals surface area contributed by atoms with Crippen molar-refractivity contribution in [1.82, 2.24) is 10.2 Å². The molecule has 10 heteroatoms. The van der Waals surface area contributed by atoms with Crippen molar-refractivity contribution in [3.05, 3.63) is 47.5 Å². The van der Waals surface area contributed by atoms with Crippen molar-refractivity contribution in [2.24, 2.45) is 5.92 Å². The highest BCUT2D eigenvalue weighted by molar-refractivity contribution is 5.95. The second kappa shape index (κ2) is 11.7. The molecule has 2 aromatic rings. The zero-order valence-electron chi connectivity index (χ0n) is 21.5. The molecule has 0 aliphatic carbocycles. The molecule has 1 saturated heterocycles. The number of nitrogens with one attached hydrogen (secondary N) is 2. The number of carbonyl (C=O) groups is 3. The number of fused-ring (bicyclic) bond motifs is 10. The van der Waals surface area contributed by atoms with Gasteiger partial charge in [0.15, 0.2) is 11.5 Å². The van der Waals surface area contributed by atoms with Gasteiger partial charge in [0, 0.05) is 43.2 Å². The van der Waals surface area contributed by atoms with Crippen LogP contribution in [0.5, 0.6) is 17.2 Å². The molecule has 2 N–H and O–H groups in total. The lowest BCUT2D eigenvalue weighted by atomic mass is 9.84. The second-order valence-electron chi connectivity index (χ2n) is 9.66. The minimum absolute atomic E-state index is 0.0658. The molecule has 6 rings (SSSR count). The van der Waals surface area contributed by atoms with E-state index in [1.54, 1.807) is 18.1 Å². The predicted octanol–water partition coefficient (Wildman–Crippen LogP) is 2.31. The number of rotatable bonds is 2. The van der Waals surface area contributed by atoms with Gasteiger partial charge in [-0.3, -0.25) is 14.4 Å². The molecule has 2 aromatic carbocycles. The molecule has 4 aliphatic heterocycles. The summed E-state index contributed by atoms with van der Waals surface area (Å²) in [7, 11) is 1.57. The third-order valence-corrected chi connectivity index (χ3v) is 7.18. The fourth-order valence-corrected chi connectivity index (χ4v) is 5.18. The Morgan fingerprint density at radius 2 is 1.84 bits per heavy atom. The SMILES string of the molecule is COc1ccc2cc1OCCN(C(=O)C1CCOCC1)CC(=O)NCCOc1ccc3c(c1)NC(=O)CC23. The van der Waals surface area contributed by atoms with Crippen LogP contribution in [0.15, 0.2) is 36.4 Å². The van der Waals surface area contributed by atoms with Crippen LogP contribution in [0.3, 0.4) is 0 Å². The smallest absolute Gasteiger partial charge is 0.239 e. The Labute approximate surface area is 221 Å². The first kappa shape index (κ1) is 25.8. The van der Waals surface area contributed by atoms with Gasteiger partial charge in [-0.2, -0.15) is 0 Å². The van der Waals surface area contributed by atoms with E-state index < -0.39 is 0 Å². The number of hydrogen-bond acceptors (Lipinski definition) is 7. The first-order valence-corrected chi connectivity index (χ1v) is 13.0. The molecular formula is C28H33N3O7. The number of amides is 3. The summed E-state index contributed by atoms with van der Waals surface area (Å²) in [5, 5.41) is 5.77. The Bertz CT molecular complexity index is 1190. The minimum atomic E-state index is -0.268. The molecule has 4 aliphatic rings. The highest BCUT2D eigenvalue weighted by Crippen LogP contribution is 2.41. The van der Waals surface area contributed by atoms with Gasteiger partial charge in [-0.15, -0.1) is 0 Å². The fourth-order valence-electron chi connectivity index (χ4n) is 5.18. The number of nitrogens with zero attached hydrogens (tertiary/aromatic N) is 1. The molecule has 38 heavy (non-hydrogen) atoms. The van der Waals surface area contributed by atoms with E-state index in [-0.39, 0.29) is 62.4 Å². The molecule has 10 nitrogen and oxygen atoms in total. The van der Waals surface area contributed by atoms with Crippen molar-refractivity contribution in [3.8, 4) is 17.2 Å². The zero-order chi connectivity index (χ0) is 26.5. The third-order valence-electron chi connectivity index (χ3n) is 7.18. The highest BCUT2D eigenvalue weighted by Gasteiger charge is 2.29. The van der Waals surface area contributed by atoms with Crippen molar-refractivity contribution < 1.29 is 33.3 Å². The molecule has 0 aromatic heterocycles. The van der Waals surface area contributed by atoms with Gasteiger partial charge in [0.25, 0.3) is 0 Å². The molecule has 4 heterocycles. The van der Waals surface area contributed by atoms with E-state index in [1.165, 1.54) is 0 Å². The average molecular weight is 524 g/mol. The average Bonchev–Trinajstić information content (AvgIpc) is 2.93. The van der Waals surface area contributed by atoms with Gasteiger partial charge in [-0.05, 0) is 42.2 Å². The Morgan fingerprint density at radius 1 is 1.00 bits per heavy atom. The van der Waals surface area contributed by atoms with E-state index in [2.05, 4.69) is 10.6 Å². The topological polar surface area (TPSA) is 115 Å². The van der Waals surface area contributed by atoms with Crippen molar-refractivity contribution >= 4 is 23.4 Å². The molecule has 0 saturated carbocycles. The third kappa shape index (κ3) is 5.85. The first-order valence-electron chi connectivity index (χ1n) is 13.0. The molecule has 3 amide bonds. The Balaban J connectivity index is 1.44. The first-order chi connectivity index (χ1) is 18.5. The lowest BCUT2D eigenvalue weighted by molar-refractivity contribution is -0.142. The Hall–Kier alpha value is -3.79. The maximum atomic E-state index is 13.3. The van der Waals surface area contributed by atoms with E-state index in [0.717, 1.165) is 11.1 Å². The Morgan fingerprint density at radius 3 is 2.66 bits per heavy atom. The van der Waals surface area contributed by atoms with Crippen LogP contribution in [0.1, 0.15) is 36.3 Å². The zero-order valence-corrected chi connectivity index (χ0v) is 21.5. The van der Waals surface area contributed by atoms with Gasteiger partial charge in [0.05, 0.1) is 26.7 Å². The van der Waals surface area contributed by atoms with Crippen LogP contribution in [0.2, 0.25) is 0 Å². The summed E-state index contributed by atoms with van der Waals surface area (Å²) in [5.74, 6) is 0.899. The number of hydrogen-bond donors (Lipinski definition) is 2. The maximum absolute atomic E-state index is 13.3. The van der Waals surface area contributed by atoms with Crippen LogP contribution < -0.4 is 24.8 Å². The molecule has 6 bridgehead atoms. The van der Waals surface area contributed by atoms with E-state index in [1.807, 2.05) is 30.3 Å². The quantitative estimate of drug-likeness (QED) is 0.581. The number of carbonyl (C=O) groups excluding carboxylic acids is 3. The number of anilines is 1. The summed E-state index contributed by atoms with van der Waals surface area (Å²) in [4.78, 5) is 40.1. The summed E-state index contributed by atoms with van der Waals surface area (Å²) < 4.78 is 22.9. The molecular weight excluding hydrogens is 490 g/mol.